The zero-order chi connectivity index (χ0) is 14.3. The van der Waals surface area contributed by atoms with Crippen LogP contribution in [0.4, 0.5) is 15.8 Å². The van der Waals surface area contributed by atoms with Crippen molar-refractivity contribution in [2.45, 2.75) is 13.3 Å². The van der Waals surface area contributed by atoms with Crippen LogP contribution >= 0.6 is 0 Å². The first-order valence-electron chi connectivity index (χ1n) is 5.93. The van der Waals surface area contributed by atoms with Crippen LogP contribution in [0.1, 0.15) is 12.0 Å². The highest BCUT2D eigenvalue weighted by Crippen LogP contribution is 2.27. The summed E-state index contributed by atoms with van der Waals surface area (Å²) in [4.78, 5) is 10.2. The number of nitro benzene ring substituents is 1. The number of nitro groups is 1. The Morgan fingerprint density at radius 3 is 2.89 bits per heavy atom. The van der Waals surface area contributed by atoms with E-state index in [0.717, 1.165) is 12.5 Å². The molecule has 1 rings (SSSR count). The predicted octanol–water partition coefficient (Wildman–Crippen LogP) is 3.05. The molecule has 104 valence electrons. The van der Waals surface area contributed by atoms with E-state index in [4.69, 9.17) is 4.74 Å². The summed E-state index contributed by atoms with van der Waals surface area (Å²) < 4.78 is 18.6. The molecule has 1 aromatic carbocycles. The number of rotatable bonds is 8. The van der Waals surface area contributed by atoms with Crippen LogP contribution in [0.5, 0.6) is 0 Å². The Morgan fingerprint density at radius 1 is 1.53 bits per heavy atom. The van der Waals surface area contributed by atoms with Gasteiger partial charge in [-0.2, -0.15) is 0 Å². The van der Waals surface area contributed by atoms with Crippen LogP contribution in [0.25, 0.3) is 0 Å². The lowest BCUT2D eigenvalue weighted by molar-refractivity contribution is -0.384. The maximum atomic E-state index is 13.3. The van der Waals surface area contributed by atoms with Crippen molar-refractivity contribution >= 4 is 11.4 Å². The second-order valence-electron chi connectivity index (χ2n) is 3.99. The Balaban J connectivity index is 2.59. The molecule has 0 bridgehead atoms. The summed E-state index contributed by atoms with van der Waals surface area (Å²) in [7, 11) is 0. The Kier molecular flexibility index (Phi) is 5.95. The van der Waals surface area contributed by atoms with Crippen molar-refractivity contribution in [1.29, 1.82) is 0 Å². The van der Waals surface area contributed by atoms with E-state index in [1.165, 1.54) is 6.07 Å². The molecule has 0 fully saturated rings. The second kappa shape index (κ2) is 7.48. The third-order valence-corrected chi connectivity index (χ3v) is 2.50. The van der Waals surface area contributed by atoms with Crippen LogP contribution in [-0.4, -0.2) is 24.7 Å². The van der Waals surface area contributed by atoms with E-state index in [0.29, 0.717) is 31.0 Å². The molecule has 0 unspecified atom stereocenters. The molecule has 0 amide bonds. The Morgan fingerprint density at radius 2 is 2.26 bits per heavy atom. The normalized spacial score (nSPS) is 10.2. The van der Waals surface area contributed by atoms with Gasteiger partial charge in [-0.1, -0.05) is 6.08 Å². The quantitative estimate of drug-likeness (QED) is 0.340. The zero-order valence-electron chi connectivity index (χ0n) is 10.8. The summed E-state index contributed by atoms with van der Waals surface area (Å²) in [6, 6.07) is 2.35. The number of aryl methyl sites for hydroxylation is 1. The minimum Gasteiger partial charge on any atom is -0.379 e. The molecule has 0 atom stereocenters. The molecule has 0 radical (unpaired) electrons. The van der Waals surface area contributed by atoms with Gasteiger partial charge in [0, 0.05) is 6.54 Å². The number of hydrogen-bond acceptors (Lipinski definition) is 4. The lowest BCUT2D eigenvalue weighted by Gasteiger charge is -2.09. The second-order valence-corrected chi connectivity index (χ2v) is 3.99. The summed E-state index contributed by atoms with van der Waals surface area (Å²) >= 11 is 0. The maximum Gasteiger partial charge on any atom is 0.295 e. The third-order valence-electron chi connectivity index (χ3n) is 2.50. The highest BCUT2D eigenvalue weighted by Gasteiger charge is 2.16. The van der Waals surface area contributed by atoms with Crippen LogP contribution < -0.4 is 5.32 Å². The molecule has 6 heteroatoms. The summed E-state index contributed by atoms with van der Waals surface area (Å²) in [6.07, 6.45) is 2.51. The van der Waals surface area contributed by atoms with Gasteiger partial charge in [-0.25, -0.2) is 4.39 Å². The summed E-state index contributed by atoms with van der Waals surface area (Å²) in [5.41, 5.74) is 0.395. The number of anilines is 1. The Bertz CT molecular complexity index is 463. The molecule has 0 aliphatic heterocycles. The molecule has 1 aromatic rings. The Hall–Kier alpha value is -1.95. The van der Waals surface area contributed by atoms with Crippen molar-refractivity contribution < 1.29 is 14.1 Å². The first-order chi connectivity index (χ1) is 9.06. The van der Waals surface area contributed by atoms with E-state index in [-0.39, 0.29) is 5.69 Å². The molecular formula is C13H17FN2O3. The van der Waals surface area contributed by atoms with Crippen LogP contribution in [0.15, 0.2) is 24.8 Å². The van der Waals surface area contributed by atoms with E-state index in [9.17, 15) is 14.5 Å². The molecule has 1 N–H and O–H groups in total. The van der Waals surface area contributed by atoms with Crippen molar-refractivity contribution in [2.75, 3.05) is 25.1 Å². The monoisotopic (exact) mass is 268 g/mol. The van der Waals surface area contributed by atoms with E-state index >= 15 is 0 Å². The van der Waals surface area contributed by atoms with Gasteiger partial charge in [0.25, 0.3) is 5.69 Å². The van der Waals surface area contributed by atoms with Gasteiger partial charge in [-0.05, 0) is 25.0 Å². The summed E-state index contributed by atoms with van der Waals surface area (Å²) in [5, 5.41) is 13.7. The summed E-state index contributed by atoms with van der Waals surface area (Å²) in [6.45, 7) is 6.53. The standard InChI is InChI=1S/C13H17FN2O3/c1-3-4-6-19-7-5-15-12-8-10(2)11(14)9-13(12)16(17)18/h3,8-9,15H,1,4-7H2,2H3. The van der Waals surface area contributed by atoms with Crippen molar-refractivity contribution in [3.05, 3.63) is 46.3 Å². The first kappa shape index (κ1) is 15.1. The molecule has 0 aromatic heterocycles. The fourth-order valence-corrected chi connectivity index (χ4v) is 1.49. The smallest absolute Gasteiger partial charge is 0.295 e. The molecule has 0 spiro atoms. The SMILES string of the molecule is C=CCCOCCNc1cc(C)c(F)cc1[N+](=O)[O-]. The molecule has 0 saturated carbocycles. The minimum atomic E-state index is -0.608. The molecule has 0 aliphatic rings. The average Bonchev–Trinajstić information content (AvgIpc) is 2.37. The highest BCUT2D eigenvalue weighted by molar-refractivity contribution is 5.63. The largest absolute Gasteiger partial charge is 0.379 e. The van der Waals surface area contributed by atoms with E-state index in [1.807, 2.05) is 0 Å². The molecule has 0 aliphatic carbocycles. The lowest BCUT2D eigenvalue weighted by Crippen LogP contribution is -2.11. The lowest BCUT2D eigenvalue weighted by atomic mass is 10.2. The fraction of sp³-hybridized carbons (Fsp3) is 0.385. The topological polar surface area (TPSA) is 64.4 Å². The fourth-order valence-electron chi connectivity index (χ4n) is 1.49. The van der Waals surface area contributed by atoms with E-state index in [2.05, 4.69) is 11.9 Å². The van der Waals surface area contributed by atoms with Crippen molar-refractivity contribution in [2.24, 2.45) is 0 Å². The van der Waals surface area contributed by atoms with Crippen molar-refractivity contribution in [3.8, 4) is 0 Å². The van der Waals surface area contributed by atoms with Gasteiger partial charge >= 0.3 is 0 Å². The molecule has 0 saturated heterocycles. The van der Waals surface area contributed by atoms with E-state index < -0.39 is 10.7 Å². The van der Waals surface area contributed by atoms with Crippen LogP contribution in [0.2, 0.25) is 0 Å². The van der Waals surface area contributed by atoms with Crippen LogP contribution in [0.3, 0.4) is 0 Å². The summed E-state index contributed by atoms with van der Waals surface area (Å²) in [5.74, 6) is -0.584. The first-order valence-corrected chi connectivity index (χ1v) is 5.93. The third kappa shape index (κ3) is 4.67. The van der Waals surface area contributed by atoms with Gasteiger partial charge in [0.15, 0.2) is 0 Å². The highest BCUT2D eigenvalue weighted by atomic mass is 19.1. The van der Waals surface area contributed by atoms with Gasteiger partial charge in [0.2, 0.25) is 0 Å². The van der Waals surface area contributed by atoms with Gasteiger partial charge in [-0.3, -0.25) is 10.1 Å². The zero-order valence-corrected chi connectivity index (χ0v) is 10.8. The van der Waals surface area contributed by atoms with Gasteiger partial charge in [0.05, 0.1) is 24.2 Å². The number of benzene rings is 1. The van der Waals surface area contributed by atoms with E-state index in [1.54, 1.807) is 13.0 Å². The average molecular weight is 268 g/mol. The molecule has 5 nitrogen and oxygen atoms in total. The maximum absolute atomic E-state index is 13.3. The minimum absolute atomic E-state index is 0.269. The number of halogens is 1. The van der Waals surface area contributed by atoms with Crippen molar-refractivity contribution in [3.63, 3.8) is 0 Å². The van der Waals surface area contributed by atoms with Crippen LogP contribution in [-0.2, 0) is 4.74 Å². The molecule has 0 heterocycles. The number of hydrogen-bond donors (Lipinski definition) is 1. The number of nitrogens with one attached hydrogen (secondary N) is 1. The number of nitrogens with zero attached hydrogens (tertiary/aromatic N) is 1. The number of ether oxygens (including phenoxy) is 1. The van der Waals surface area contributed by atoms with Crippen molar-refractivity contribution in [1.82, 2.24) is 0 Å². The van der Waals surface area contributed by atoms with Gasteiger partial charge in [0.1, 0.15) is 11.5 Å². The molecular weight excluding hydrogens is 251 g/mol. The predicted molar refractivity (Wildman–Crippen MR) is 71.9 cm³/mol. The van der Waals surface area contributed by atoms with Gasteiger partial charge in [-0.15, -0.1) is 6.58 Å². The van der Waals surface area contributed by atoms with Gasteiger partial charge < -0.3 is 10.1 Å². The Labute approximate surface area is 111 Å². The van der Waals surface area contributed by atoms with Crippen LogP contribution in [0, 0.1) is 22.9 Å². The molecule has 19 heavy (non-hydrogen) atoms.